The van der Waals surface area contributed by atoms with Crippen molar-refractivity contribution < 1.29 is 19.5 Å². The molecule has 0 bridgehead atoms. The predicted molar refractivity (Wildman–Crippen MR) is 92.9 cm³/mol. The van der Waals surface area contributed by atoms with Crippen molar-refractivity contribution in [2.75, 3.05) is 17.2 Å². The highest BCUT2D eigenvalue weighted by molar-refractivity contribution is 8.00. The van der Waals surface area contributed by atoms with Gasteiger partial charge in [-0.25, -0.2) is 9.78 Å². The molecule has 4 rings (SSSR count). The van der Waals surface area contributed by atoms with Gasteiger partial charge in [0.25, 0.3) is 5.91 Å². The number of β-lactam (4-membered cyclic amide) rings is 1. The number of carbonyl (C=O) groups excluding carboxylic acids is 2. The van der Waals surface area contributed by atoms with Crippen molar-refractivity contribution in [3.8, 4) is 0 Å². The Balaban J connectivity index is 1.67. The third-order valence-electron chi connectivity index (χ3n) is 4.36. The fraction of sp³-hybridized carbons (Fsp3) is 0.333. The number of aliphatic carboxylic acids is 1. The lowest BCUT2D eigenvalue weighted by Crippen LogP contribution is -2.68. The second-order valence-electron chi connectivity index (χ2n) is 5.81. The van der Waals surface area contributed by atoms with Crippen LogP contribution in [0.4, 0.5) is 5.13 Å². The molecular formula is C15H14N4O4S2. The molecule has 8 nitrogen and oxygen atoms in total. The summed E-state index contributed by atoms with van der Waals surface area (Å²) in [4.78, 5) is 43.2. The van der Waals surface area contributed by atoms with Crippen molar-refractivity contribution in [2.45, 2.75) is 17.8 Å². The number of nitrogens with two attached hydrogens (primary N) is 1. The molecule has 2 saturated heterocycles. The largest absolute Gasteiger partial charge is 0.477 e. The van der Waals surface area contributed by atoms with Crippen LogP contribution < -0.4 is 10.6 Å². The lowest BCUT2D eigenvalue weighted by Gasteiger charge is -2.47. The van der Waals surface area contributed by atoms with Crippen molar-refractivity contribution in [3.63, 3.8) is 0 Å². The Labute approximate surface area is 151 Å². The van der Waals surface area contributed by atoms with Gasteiger partial charge in [0.1, 0.15) is 17.1 Å². The molecule has 10 heteroatoms. The Hall–Kier alpha value is -2.17. The average molecular weight is 378 g/mol. The molecule has 0 spiro atoms. The summed E-state index contributed by atoms with van der Waals surface area (Å²) < 4.78 is 0. The number of allylic oxidation sites excluding steroid dienone is 1. The monoisotopic (exact) mass is 378 g/mol. The Bertz CT molecular complexity index is 833. The Kier molecular flexibility index (Phi) is 3.89. The third-order valence-corrected chi connectivity index (χ3v) is 6.48. The van der Waals surface area contributed by atoms with Gasteiger partial charge in [-0.15, -0.1) is 23.1 Å². The molecule has 0 aromatic carbocycles. The topological polar surface area (TPSA) is 117 Å². The molecule has 0 unspecified atom stereocenters. The van der Waals surface area contributed by atoms with Gasteiger partial charge in [-0.1, -0.05) is 0 Å². The van der Waals surface area contributed by atoms with Gasteiger partial charge in [0.05, 0.1) is 0 Å². The Morgan fingerprint density at radius 2 is 2.24 bits per heavy atom. The second kappa shape index (κ2) is 5.97. The van der Waals surface area contributed by atoms with Gasteiger partial charge in [-0.2, -0.15) is 0 Å². The van der Waals surface area contributed by atoms with E-state index in [1.807, 2.05) is 0 Å². The minimum absolute atomic E-state index is 0.0663. The summed E-state index contributed by atoms with van der Waals surface area (Å²) in [6, 6.07) is -0.665. The van der Waals surface area contributed by atoms with Crippen LogP contribution in [-0.2, 0) is 14.4 Å². The quantitative estimate of drug-likeness (QED) is 0.577. The molecule has 3 aliphatic rings. The minimum Gasteiger partial charge on any atom is -0.477 e. The average Bonchev–Trinajstić information content (AvgIpc) is 3.24. The predicted octanol–water partition coefficient (Wildman–Crippen LogP) is 0.387. The molecule has 0 saturated carbocycles. The van der Waals surface area contributed by atoms with Crippen LogP contribution >= 0.6 is 23.1 Å². The summed E-state index contributed by atoms with van der Waals surface area (Å²) in [6.45, 7) is 0.511. The number of thioether (sulfide) groups is 1. The van der Waals surface area contributed by atoms with Crippen LogP contribution in [0.5, 0.6) is 0 Å². The van der Waals surface area contributed by atoms with Crippen molar-refractivity contribution >= 4 is 46.0 Å². The SMILES string of the molecule is N[C@@H]1C(=O)N2C(C(=O)O)=C(C=C3CCN(c4nccs4)C3=O)CS[C@H]12. The Morgan fingerprint density at radius 1 is 1.44 bits per heavy atom. The molecule has 1 aromatic heterocycles. The summed E-state index contributed by atoms with van der Waals surface area (Å²) in [5.41, 5.74) is 6.67. The molecule has 0 aliphatic carbocycles. The van der Waals surface area contributed by atoms with E-state index in [-0.39, 0.29) is 17.0 Å². The van der Waals surface area contributed by atoms with E-state index >= 15 is 0 Å². The van der Waals surface area contributed by atoms with E-state index < -0.39 is 17.9 Å². The third kappa shape index (κ3) is 2.48. The molecule has 130 valence electrons. The maximum atomic E-state index is 12.6. The number of rotatable bonds is 3. The number of anilines is 1. The Morgan fingerprint density at radius 3 is 2.92 bits per heavy atom. The highest BCUT2D eigenvalue weighted by atomic mass is 32.2. The number of hydrogen-bond acceptors (Lipinski definition) is 7. The number of aromatic nitrogens is 1. The molecular weight excluding hydrogens is 364 g/mol. The van der Waals surface area contributed by atoms with E-state index in [4.69, 9.17) is 5.73 Å². The molecule has 2 amide bonds. The van der Waals surface area contributed by atoms with Crippen LogP contribution in [0.2, 0.25) is 0 Å². The maximum absolute atomic E-state index is 12.6. The first kappa shape index (κ1) is 16.3. The fourth-order valence-electron chi connectivity index (χ4n) is 3.14. The first-order valence-electron chi connectivity index (χ1n) is 7.57. The number of carboxylic acid groups (broad SMARTS) is 1. The van der Waals surface area contributed by atoms with E-state index in [1.165, 1.54) is 28.0 Å². The second-order valence-corrected chi connectivity index (χ2v) is 7.78. The zero-order valence-corrected chi connectivity index (χ0v) is 14.5. The lowest BCUT2D eigenvalue weighted by atomic mass is 10.0. The summed E-state index contributed by atoms with van der Waals surface area (Å²) in [6.07, 6.45) is 3.76. The van der Waals surface area contributed by atoms with Gasteiger partial charge in [0.2, 0.25) is 5.91 Å². The highest BCUT2D eigenvalue weighted by Gasteiger charge is 2.51. The van der Waals surface area contributed by atoms with E-state index in [0.29, 0.717) is 35.0 Å². The van der Waals surface area contributed by atoms with Crippen LogP contribution in [0.3, 0.4) is 0 Å². The zero-order valence-electron chi connectivity index (χ0n) is 12.9. The molecule has 4 heterocycles. The van der Waals surface area contributed by atoms with E-state index in [1.54, 1.807) is 22.6 Å². The zero-order chi connectivity index (χ0) is 17.7. The number of fused-ring (bicyclic) bond motifs is 1. The van der Waals surface area contributed by atoms with Gasteiger partial charge in [-0.05, 0) is 18.1 Å². The molecule has 3 aliphatic heterocycles. The number of thiazole rings is 1. The van der Waals surface area contributed by atoms with Crippen molar-refractivity contribution in [2.24, 2.45) is 5.73 Å². The number of nitrogens with zero attached hydrogens (tertiary/aromatic N) is 3. The van der Waals surface area contributed by atoms with Gasteiger partial charge in [0, 0.05) is 29.4 Å². The number of hydrogen-bond donors (Lipinski definition) is 2. The molecule has 1 aromatic rings. The number of carboxylic acids is 1. The molecule has 3 N–H and O–H groups in total. The lowest BCUT2D eigenvalue weighted by molar-refractivity contribution is -0.147. The minimum atomic E-state index is -1.18. The van der Waals surface area contributed by atoms with Gasteiger partial charge in [0.15, 0.2) is 5.13 Å². The highest BCUT2D eigenvalue weighted by Crippen LogP contribution is 2.40. The van der Waals surface area contributed by atoms with E-state index in [9.17, 15) is 19.5 Å². The molecule has 2 atom stereocenters. The normalized spacial score (nSPS) is 27.8. The van der Waals surface area contributed by atoms with Gasteiger partial charge < -0.3 is 10.8 Å². The summed E-state index contributed by atoms with van der Waals surface area (Å²) >= 11 is 2.79. The number of carbonyl (C=O) groups is 3. The molecule has 25 heavy (non-hydrogen) atoms. The van der Waals surface area contributed by atoms with Crippen LogP contribution in [-0.4, -0.2) is 56.5 Å². The maximum Gasteiger partial charge on any atom is 0.352 e. The smallest absolute Gasteiger partial charge is 0.352 e. The summed E-state index contributed by atoms with van der Waals surface area (Å²) in [7, 11) is 0. The summed E-state index contributed by atoms with van der Waals surface area (Å²) in [5, 5.41) is 11.6. The molecule has 0 radical (unpaired) electrons. The van der Waals surface area contributed by atoms with Crippen LogP contribution in [0, 0.1) is 0 Å². The molecule has 2 fully saturated rings. The van der Waals surface area contributed by atoms with Crippen LogP contribution in [0.15, 0.2) is 34.5 Å². The standard InChI is InChI=1S/C15H14N4O4S2/c16-9-12(21)19-10(14(22)23)8(6-25-13(9)19)5-7-1-3-18(11(7)20)15-17-2-4-24-15/h2,4-5,9,13H,1,3,6,16H2,(H,22,23)/t9-,13-/m1/s1. The van der Waals surface area contributed by atoms with Crippen molar-refractivity contribution in [1.29, 1.82) is 0 Å². The fourth-order valence-corrected chi connectivity index (χ4v) is 5.06. The van der Waals surface area contributed by atoms with E-state index in [0.717, 1.165) is 0 Å². The van der Waals surface area contributed by atoms with Gasteiger partial charge in [-0.3, -0.25) is 19.4 Å². The van der Waals surface area contributed by atoms with Crippen molar-refractivity contribution in [3.05, 3.63) is 34.5 Å². The van der Waals surface area contributed by atoms with Gasteiger partial charge >= 0.3 is 5.97 Å². The van der Waals surface area contributed by atoms with Crippen molar-refractivity contribution in [1.82, 2.24) is 9.88 Å². The van der Waals surface area contributed by atoms with Crippen LogP contribution in [0.1, 0.15) is 6.42 Å². The van der Waals surface area contributed by atoms with Crippen LogP contribution in [0.25, 0.3) is 0 Å². The van der Waals surface area contributed by atoms with E-state index in [2.05, 4.69) is 4.98 Å². The number of amides is 2. The summed E-state index contributed by atoms with van der Waals surface area (Å²) in [5.74, 6) is -1.35. The first-order chi connectivity index (χ1) is 12.0. The first-order valence-corrected chi connectivity index (χ1v) is 9.50.